The molecule has 1 unspecified atom stereocenters. The van der Waals surface area contributed by atoms with E-state index in [-0.39, 0.29) is 0 Å². The fourth-order valence-corrected chi connectivity index (χ4v) is 4.54. The summed E-state index contributed by atoms with van der Waals surface area (Å²) >= 11 is 0. The minimum atomic E-state index is 0.499. The largest absolute Gasteiger partial charge is 0.493 e. The molecule has 1 atom stereocenters. The predicted molar refractivity (Wildman–Crippen MR) is 108 cm³/mol. The van der Waals surface area contributed by atoms with E-state index in [0.29, 0.717) is 10.6 Å². The number of fused-ring (bicyclic) bond motifs is 1. The Kier molecular flexibility index (Phi) is 4.32. The van der Waals surface area contributed by atoms with Crippen LogP contribution in [0.25, 0.3) is 0 Å². The zero-order valence-electron chi connectivity index (χ0n) is 15.7. The van der Waals surface area contributed by atoms with E-state index in [1.54, 1.807) is 0 Å². The maximum Gasteiger partial charge on any atom is 0.225 e. The molecule has 0 saturated heterocycles. The highest BCUT2D eigenvalue weighted by molar-refractivity contribution is 5.82. The Morgan fingerprint density at radius 3 is 2.78 bits per heavy atom. The van der Waals surface area contributed by atoms with Gasteiger partial charge in [0.25, 0.3) is 0 Å². The highest BCUT2D eigenvalue weighted by Gasteiger charge is 2.46. The average molecular weight is 363 g/mol. The number of hydrogen-bond acceptors (Lipinski definition) is 4. The number of rotatable bonds is 6. The van der Waals surface area contributed by atoms with Crippen molar-refractivity contribution in [3.8, 4) is 5.75 Å². The van der Waals surface area contributed by atoms with Crippen LogP contribution in [0.4, 0.5) is 5.69 Å². The third kappa shape index (κ3) is 3.00. The highest BCUT2D eigenvalue weighted by Crippen LogP contribution is 2.40. The molecule has 0 radical (unpaired) electrons. The SMILES string of the molecule is C1=C[N+]2(N(c3cccc(OCC4CCCC4)c3)C3CCC3)C=NC=C2C=N1. The Balaban J connectivity index is 1.44. The standard InChI is InChI=1S/C22H27N4O/c1-2-6-18(5-1)16-27-22-10-4-9-20(13-22)25(19-7-3-8-19)26-12-11-23-14-21(26)15-24-17-26/h4,9-15,17-19H,1-3,5-8,16H2/q+1. The first-order chi connectivity index (χ1) is 13.4. The van der Waals surface area contributed by atoms with Crippen molar-refractivity contribution in [2.24, 2.45) is 15.9 Å². The maximum absolute atomic E-state index is 6.18. The molecule has 5 nitrogen and oxygen atoms in total. The van der Waals surface area contributed by atoms with Crippen molar-refractivity contribution in [3.63, 3.8) is 0 Å². The minimum absolute atomic E-state index is 0.499. The Hall–Kier alpha value is -2.40. The number of allylic oxidation sites excluding steroid dienone is 1. The molecule has 140 valence electrons. The van der Waals surface area contributed by atoms with Crippen LogP contribution in [-0.4, -0.2) is 29.8 Å². The summed E-state index contributed by atoms with van der Waals surface area (Å²) in [5.74, 6) is 1.69. The van der Waals surface area contributed by atoms with E-state index in [2.05, 4.69) is 45.5 Å². The van der Waals surface area contributed by atoms with E-state index in [1.165, 1.54) is 50.6 Å². The summed E-state index contributed by atoms with van der Waals surface area (Å²) < 4.78 is 6.68. The number of aliphatic imine (C=N–C) groups is 2. The fourth-order valence-electron chi connectivity index (χ4n) is 4.54. The van der Waals surface area contributed by atoms with E-state index >= 15 is 0 Å². The van der Waals surface area contributed by atoms with Crippen LogP contribution >= 0.6 is 0 Å². The molecule has 2 saturated carbocycles. The lowest BCUT2D eigenvalue weighted by molar-refractivity contribution is -0.746. The quantitative estimate of drug-likeness (QED) is 0.682. The first-order valence-corrected chi connectivity index (χ1v) is 10.2. The van der Waals surface area contributed by atoms with Crippen LogP contribution in [0.2, 0.25) is 0 Å². The van der Waals surface area contributed by atoms with Gasteiger partial charge in [0.2, 0.25) is 12.0 Å². The van der Waals surface area contributed by atoms with E-state index < -0.39 is 0 Å². The summed E-state index contributed by atoms with van der Waals surface area (Å²) in [6.45, 7) is 0.839. The van der Waals surface area contributed by atoms with Crippen LogP contribution in [0.3, 0.4) is 0 Å². The minimum Gasteiger partial charge on any atom is -0.493 e. The van der Waals surface area contributed by atoms with Crippen molar-refractivity contribution in [1.29, 1.82) is 0 Å². The van der Waals surface area contributed by atoms with Crippen molar-refractivity contribution in [3.05, 3.63) is 48.6 Å². The number of benzene rings is 1. The van der Waals surface area contributed by atoms with Gasteiger partial charge in [0.1, 0.15) is 5.75 Å². The number of hydrogen-bond donors (Lipinski definition) is 0. The Morgan fingerprint density at radius 1 is 1.07 bits per heavy atom. The summed E-state index contributed by atoms with van der Waals surface area (Å²) in [4.78, 5) is 8.78. The molecule has 5 heteroatoms. The molecule has 0 amide bonds. The van der Waals surface area contributed by atoms with Gasteiger partial charge in [-0.05, 0) is 50.2 Å². The van der Waals surface area contributed by atoms with Gasteiger partial charge in [-0.1, -0.05) is 18.9 Å². The zero-order valence-corrected chi connectivity index (χ0v) is 15.7. The summed E-state index contributed by atoms with van der Waals surface area (Å²) in [5, 5.41) is 2.47. The van der Waals surface area contributed by atoms with E-state index in [1.807, 2.05) is 25.0 Å². The number of ether oxygens (including phenoxy) is 1. The van der Waals surface area contributed by atoms with Crippen molar-refractivity contribution >= 4 is 18.2 Å². The van der Waals surface area contributed by atoms with E-state index in [0.717, 1.165) is 24.0 Å². The van der Waals surface area contributed by atoms with Crippen LogP contribution in [0.5, 0.6) is 5.75 Å². The summed E-state index contributed by atoms with van der Waals surface area (Å²) in [6.07, 6.45) is 18.8. The summed E-state index contributed by atoms with van der Waals surface area (Å²) in [5.41, 5.74) is 2.27. The van der Waals surface area contributed by atoms with Gasteiger partial charge >= 0.3 is 0 Å². The first kappa shape index (κ1) is 16.8. The molecule has 2 fully saturated rings. The predicted octanol–water partition coefficient (Wildman–Crippen LogP) is 4.79. The van der Waals surface area contributed by atoms with Gasteiger partial charge in [0.05, 0.1) is 37.0 Å². The van der Waals surface area contributed by atoms with Crippen LogP contribution in [-0.2, 0) is 0 Å². The lowest BCUT2D eigenvalue weighted by Crippen LogP contribution is -2.61. The summed E-state index contributed by atoms with van der Waals surface area (Å²) in [6, 6.07) is 9.08. The maximum atomic E-state index is 6.18. The number of nitrogens with zero attached hydrogens (tertiary/aromatic N) is 4. The van der Waals surface area contributed by atoms with Gasteiger partial charge in [-0.15, -0.1) is 4.59 Å². The van der Waals surface area contributed by atoms with Gasteiger partial charge in [-0.3, -0.25) is 4.99 Å². The molecule has 1 aromatic carbocycles. The monoisotopic (exact) mass is 363 g/mol. The van der Waals surface area contributed by atoms with E-state index in [9.17, 15) is 0 Å². The van der Waals surface area contributed by atoms with Crippen LogP contribution in [0, 0.1) is 5.92 Å². The van der Waals surface area contributed by atoms with Crippen molar-refractivity contribution in [1.82, 2.24) is 0 Å². The molecule has 0 N–H and O–H groups in total. The Bertz CT molecular complexity index is 817. The first-order valence-electron chi connectivity index (χ1n) is 10.2. The molecular formula is C22H27N4O+. The van der Waals surface area contributed by atoms with Gasteiger partial charge < -0.3 is 4.74 Å². The Labute approximate surface area is 160 Å². The topological polar surface area (TPSA) is 37.2 Å². The molecule has 27 heavy (non-hydrogen) atoms. The Morgan fingerprint density at radius 2 is 1.96 bits per heavy atom. The second kappa shape index (κ2) is 6.97. The molecule has 0 spiro atoms. The number of quaternary nitrogens is 1. The zero-order chi connectivity index (χ0) is 18.1. The van der Waals surface area contributed by atoms with Gasteiger partial charge in [0.15, 0.2) is 6.20 Å². The van der Waals surface area contributed by atoms with Crippen molar-refractivity contribution in [2.75, 3.05) is 11.6 Å². The molecule has 2 heterocycles. The van der Waals surface area contributed by atoms with Gasteiger partial charge in [0, 0.05) is 6.07 Å². The third-order valence-electron chi connectivity index (χ3n) is 6.27. The van der Waals surface area contributed by atoms with Crippen molar-refractivity contribution < 1.29 is 9.33 Å². The van der Waals surface area contributed by atoms with Gasteiger partial charge in [-0.2, -0.15) is 0 Å². The van der Waals surface area contributed by atoms with Crippen LogP contribution in [0.15, 0.2) is 58.5 Å². The molecule has 2 aliphatic carbocycles. The third-order valence-corrected chi connectivity index (χ3v) is 6.27. The average Bonchev–Trinajstić information content (AvgIpc) is 3.33. The normalized spacial score (nSPS) is 26.7. The van der Waals surface area contributed by atoms with Crippen molar-refractivity contribution in [2.45, 2.75) is 51.0 Å². The molecule has 0 bridgehead atoms. The lowest BCUT2D eigenvalue weighted by atomic mass is 9.91. The fraction of sp³-hybridized carbons (Fsp3) is 0.455. The molecule has 4 aliphatic rings. The molecular weight excluding hydrogens is 336 g/mol. The lowest BCUT2D eigenvalue weighted by Gasteiger charge is -2.46. The molecule has 5 rings (SSSR count). The summed E-state index contributed by atoms with van der Waals surface area (Å²) in [7, 11) is 0. The highest BCUT2D eigenvalue weighted by atomic mass is 16.5. The molecule has 2 aliphatic heterocycles. The van der Waals surface area contributed by atoms with Crippen LogP contribution in [0.1, 0.15) is 44.9 Å². The number of anilines is 1. The second-order valence-electron chi connectivity index (χ2n) is 8.02. The van der Waals surface area contributed by atoms with E-state index in [4.69, 9.17) is 4.74 Å². The smallest absolute Gasteiger partial charge is 0.225 e. The second-order valence-corrected chi connectivity index (χ2v) is 8.02. The molecule has 1 aromatic rings. The van der Waals surface area contributed by atoms with Gasteiger partial charge in [-0.25, -0.2) is 10.0 Å². The van der Waals surface area contributed by atoms with Crippen LogP contribution < -0.4 is 9.75 Å². The molecule has 0 aromatic heterocycles.